The van der Waals surface area contributed by atoms with Crippen LogP contribution in [0.4, 0.5) is 10.3 Å². The molecule has 1 N–H and O–H groups in total. The number of methoxy groups -OCH3 is 2. The van der Waals surface area contributed by atoms with Crippen molar-refractivity contribution in [1.29, 1.82) is 0 Å². The summed E-state index contributed by atoms with van der Waals surface area (Å²) in [6.07, 6.45) is 0. The highest BCUT2D eigenvalue weighted by Crippen LogP contribution is 2.37. The van der Waals surface area contributed by atoms with Gasteiger partial charge in [-0.05, 0) is 25.5 Å². The Labute approximate surface area is 165 Å². The zero-order chi connectivity index (χ0) is 19.0. The number of thiazole rings is 2. The molecule has 0 aliphatic rings. The van der Waals surface area contributed by atoms with Gasteiger partial charge in [0.25, 0.3) is 0 Å². The molecule has 2 heterocycles. The first kappa shape index (κ1) is 17.8. The lowest BCUT2D eigenvalue weighted by Gasteiger charge is -2.05. The number of fused-ring (bicyclic) bond motifs is 1. The molecule has 4 aromatic rings. The van der Waals surface area contributed by atoms with Crippen LogP contribution in [0.1, 0.15) is 11.1 Å². The molecular formula is C20H19N3O2S2. The van der Waals surface area contributed by atoms with Crippen LogP contribution in [0.2, 0.25) is 0 Å². The zero-order valence-electron chi connectivity index (χ0n) is 15.5. The SMILES string of the molecule is COc1cc2nc(Nc3nc(-c4cc(C)ccc4C)cs3)sc2cc1OC. The number of aryl methyl sites for hydroxylation is 2. The first-order chi connectivity index (χ1) is 13.1. The molecule has 0 fully saturated rings. The van der Waals surface area contributed by atoms with Gasteiger partial charge in [0.05, 0.1) is 30.1 Å². The molecule has 138 valence electrons. The Bertz CT molecular complexity index is 1080. The van der Waals surface area contributed by atoms with E-state index in [0.29, 0.717) is 11.5 Å². The molecule has 0 saturated heterocycles. The van der Waals surface area contributed by atoms with Gasteiger partial charge in [-0.1, -0.05) is 29.0 Å². The maximum absolute atomic E-state index is 5.37. The number of benzene rings is 2. The van der Waals surface area contributed by atoms with Gasteiger partial charge in [0.1, 0.15) is 0 Å². The van der Waals surface area contributed by atoms with Crippen LogP contribution in [0, 0.1) is 13.8 Å². The number of nitrogens with zero attached hydrogens (tertiary/aromatic N) is 2. The largest absolute Gasteiger partial charge is 0.493 e. The number of aromatic nitrogens is 2. The van der Waals surface area contributed by atoms with Crippen molar-refractivity contribution in [3.8, 4) is 22.8 Å². The molecule has 27 heavy (non-hydrogen) atoms. The fourth-order valence-corrected chi connectivity index (χ4v) is 4.52. The minimum atomic E-state index is 0.674. The highest BCUT2D eigenvalue weighted by molar-refractivity contribution is 7.22. The molecule has 0 amide bonds. The van der Waals surface area contributed by atoms with Crippen molar-refractivity contribution in [1.82, 2.24) is 9.97 Å². The Kier molecular flexibility index (Phi) is 4.72. The Morgan fingerprint density at radius 3 is 2.48 bits per heavy atom. The van der Waals surface area contributed by atoms with E-state index in [1.807, 2.05) is 12.1 Å². The second-order valence-corrected chi connectivity index (χ2v) is 8.06. The number of hydrogen-bond donors (Lipinski definition) is 1. The predicted molar refractivity (Wildman–Crippen MR) is 113 cm³/mol. The number of anilines is 2. The molecule has 0 aliphatic carbocycles. The van der Waals surface area contributed by atoms with Gasteiger partial charge in [-0.3, -0.25) is 0 Å². The third-order valence-electron chi connectivity index (χ3n) is 4.28. The smallest absolute Gasteiger partial charge is 0.190 e. The van der Waals surface area contributed by atoms with E-state index in [9.17, 15) is 0 Å². The molecular weight excluding hydrogens is 378 g/mol. The van der Waals surface area contributed by atoms with Crippen molar-refractivity contribution >= 4 is 43.2 Å². The maximum Gasteiger partial charge on any atom is 0.190 e. The number of hydrogen-bond acceptors (Lipinski definition) is 7. The lowest BCUT2D eigenvalue weighted by Crippen LogP contribution is -1.90. The predicted octanol–water partition coefficient (Wildman–Crippen LogP) is 5.80. The third kappa shape index (κ3) is 3.48. The first-order valence-corrected chi connectivity index (χ1v) is 10.1. The standard InChI is InChI=1S/C20H19N3O2S2/c1-11-5-6-12(2)13(7-11)15-10-26-19(22-15)23-20-21-14-8-16(24-3)17(25-4)9-18(14)27-20/h5-10H,1-4H3,(H,21,22,23). The van der Waals surface area contributed by atoms with E-state index in [1.165, 1.54) is 11.1 Å². The average Bonchev–Trinajstić information content (AvgIpc) is 3.28. The topological polar surface area (TPSA) is 56.3 Å². The van der Waals surface area contributed by atoms with Gasteiger partial charge in [-0.15, -0.1) is 11.3 Å². The van der Waals surface area contributed by atoms with Crippen LogP contribution < -0.4 is 14.8 Å². The summed E-state index contributed by atoms with van der Waals surface area (Å²) in [7, 11) is 3.26. The molecule has 0 radical (unpaired) electrons. The van der Waals surface area contributed by atoms with Gasteiger partial charge < -0.3 is 14.8 Å². The van der Waals surface area contributed by atoms with Crippen LogP contribution in [0.25, 0.3) is 21.5 Å². The van der Waals surface area contributed by atoms with E-state index >= 15 is 0 Å². The molecule has 0 atom stereocenters. The van der Waals surface area contributed by atoms with Crippen molar-refractivity contribution in [3.05, 3.63) is 46.8 Å². The van der Waals surface area contributed by atoms with Gasteiger partial charge >= 0.3 is 0 Å². The highest BCUT2D eigenvalue weighted by Gasteiger charge is 2.13. The summed E-state index contributed by atoms with van der Waals surface area (Å²) in [5, 5.41) is 7.02. The second kappa shape index (κ2) is 7.17. The van der Waals surface area contributed by atoms with Crippen molar-refractivity contribution in [2.24, 2.45) is 0 Å². The number of ether oxygens (including phenoxy) is 2. The summed E-state index contributed by atoms with van der Waals surface area (Å²) in [5.41, 5.74) is 5.46. The monoisotopic (exact) mass is 397 g/mol. The van der Waals surface area contributed by atoms with Crippen molar-refractivity contribution < 1.29 is 9.47 Å². The Morgan fingerprint density at radius 2 is 1.70 bits per heavy atom. The maximum atomic E-state index is 5.37. The normalized spacial score (nSPS) is 11.0. The van der Waals surface area contributed by atoms with Crippen molar-refractivity contribution in [3.63, 3.8) is 0 Å². The number of nitrogens with one attached hydrogen (secondary N) is 1. The van der Waals surface area contributed by atoms with Crippen molar-refractivity contribution in [2.45, 2.75) is 13.8 Å². The highest BCUT2D eigenvalue weighted by atomic mass is 32.1. The molecule has 0 aliphatic heterocycles. The van der Waals surface area contributed by atoms with Gasteiger partial charge in [-0.2, -0.15) is 0 Å². The van der Waals surface area contributed by atoms with Crippen LogP contribution in [-0.4, -0.2) is 24.2 Å². The summed E-state index contributed by atoms with van der Waals surface area (Å²) in [4.78, 5) is 9.38. The van der Waals surface area contributed by atoms with Crippen LogP contribution in [0.5, 0.6) is 11.5 Å². The quantitative estimate of drug-likeness (QED) is 0.461. The van der Waals surface area contributed by atoms with E-state index in [4.69, 9.17) is 14.5 Å². The van der Waals surface area contributed by atoms with E-state index in [1.54, 1.807) is 36.9 Å². The summed E-state index contributed by atoms with van der Waals surface area (Å²) in [6.45, 7) is 4.20. The molecule has 7 heteroatoms. The third-order valence-corrected chi connectivity index (χ3v) is 5.97. The van der Waals surface area contributed by atoms with Crippen LogP contribution in [-0.2, 0) is 0 Å². The van der Waals surface area contributed by atoms with Gasteiger partial charge in [0, 0.05) is 23.1 Å². The van der Waals surface area contributed by atoms with E-state index in [-0.39, 0.29) is 0 Å². The lowest BCUT2D eigenvalue weighted by molar-refractivity contribution is 0.356. The summed E-state index contributed by atoms with van der Waals surface area (Å²) in [6, 6.07) is 10.3. The van der Waals surface area contributed by atoms with E-state index < -0.39 is 0 Å². The molecule has 0 bridgehead atoms. The summed E-state index contributed by atoms with van der Waals surface area (Å²) >= 11 is 3.13. The van der Waals surface area contributed by atoms with Gasteiger partial charge in [-0.25, -0.2) is 9.97 Å². The van der Waals surface area contributed by atoms with Gasteiger partial charge in [0.15, 0.2) is 21.8 Å². The zero-order valence-corrected chi connectivity index (χ0v) is 17.1. The Balaban J connectivity index is 1.63. The summed E-state index contributed by atoms with van der Waals surface area (Å²) < 4.78 is 11.8. The summed E-state index contributed by atoms with van der Waals surface area (Å²) in [5.74, 6) is 1.37. The van der Waals surface area contributed by atoms with Crippen molar-refractivity contribution in [2.75, 3.05) is 19.5 Å². The van der Waals surface area contributed by atoms with E-state index in [0.717, 1.165) is 31.7 Å². The molecule has 2 aromatic carbocycles. The molecule has 5 nitrogen and oxygen atoms in total. The van der Waals surface area contributed by atoms with Crippen LogP contribution >= 0.6 is 22.7 Å². The molecule has 0 spiro atoms. The van der Waals surface area contributed by atoms with Gasteiger partial charge in [0.2, 0.25) is 0 Å². The molecule has 4 rings (SSSR count). The fourth-order valence-electron chi connectivity index (χ4n) is 2.87. The number of rotatable bonds is 5. The lowest BCUT2D eigenvalue weighted by atomic mass is 10.0. The molecule has 0 unspecified atom stereocenters. The minimum Gasteiger partial charge on any atom is -0.493 e. The van der Waals surface area contributed by atoms with Crippen LogP contribution in [0.3, 0.4) is 0 Å². The Morgan fingerprint density at radius 1 is 0.926 bits per heavy atom. The first-order valence-electron chi connectivity index (χ1n) is 8.40. The second-order valence-electron chi connectivity index (χ2n) is 6.18. The minimum absolute atomic E-state index is 0.674. The fraction of sp³-hybridized carbons (Fsp3) is 0.200. The molecule has 0 saturated carbocycles. The Hall–Kier alpha value is -2.64. The van der Waals surface area contributed by atoms with Crippen LogP contribution in [0.15, 0.2) is 35.7 Å². The average molecular weight is 398 g/mol. The molecule has 2 aromatic heterocycles. The van der Waals surface area contributed by atoms with E-state index in [2.05, 4.69) is 47.7 Å².